The number of alkyl halides is 3. The molecule has 0 bridgehead atoms. The van der Waals surface area contributed by atoms with Gasteiger partial charge in [0.05, 0.1) is 16.6 Å². The molecule has 0 aliphatic rings. The number of nitrogens with zero attached hydrogens (tertiary/aromatic N) is 4. The molecule has 1 unspecified atom stereocenters. The second-order valence-corrected chi connectivity index (χ2v) is 4.63. The maximum absolute atomic E-state index is 12.5. The van der Waals surface area contributed by atoms with E-state index in [1.54, 1.807) is 18.5 Å². The van der Waals surface area contributed by atoms with Crippen LogP contribution in [0.25, 0.3) is 0 Å². The second kappa shape index (κ2) is 5.28. The van der Waals surface area contributed by atoms with Gasteiger partial charge in [0, 0.05) is 13.2 Å². The molecule has 0 saturated heterocycles. The number of hydrogen-bond donors (Lipinski definition) is 1. The minimum absolute atomic E-state index is 0.103. The average molecular weight is 306 g/mol. The molecule has 2 aromatic rings. The smallest absolute Gasteiger partial charge is 0.359 e. The van der Waals surface area contributed by atoms with E-state index in [0.717, 1.165) is 12.3 Å². The second-order valence-electron chi connectivity index (χ2n) is 4.22. The van der Waals surface area contributed by atoms with Crippen LogP contribution >= 0.6 is 11.6 Å². The summed E-state index contributed by atoms with van der Waals surface area (Å²) in [5.74, 6) is 0.776. The molecule has 9 heteroatoms. The summed E-state index contributed by atoms with van der Waals surface area (Å²) in [4.78, 5) is 3.70. The molecule has 0 aromatic carbocycles. The molecule has 1 atom stereocenters. The number of hydrogen-bond acceptors (Lipinski definition) is 4. The molecule has 1 N–H and O–H groups in total. The van der Waals surface area contributed by atoms with E-state index in [0.29, 0.717) is 5.82 Å². The van der Waals surface area contributed by atoms with Gasteiger partial charge in [-0.05, 0) is 13.0 Å². The van der Waals surface area contributed by atoms with Gasteiger partial charge in [0.1, 0.15) is 12.1 Å². The highest BCUT2D eigenvalue weighted by Crippen LogP contribution is 2.33. The van der Waals surface area contributed by atoms with Gasteiger partial charge in [0.25, 0.3) is 0 Å². The molecule has 0 spiro atoms. The van der Waals surface area contributed by atoms with Crippen LogP contribution in [-0.2, 0) is 13.2 Å². The van der Waals surface area contributed by atoms with Crippen LogP contribution in [0, 0.1) is 0 Å². The van der Waals surface area contributed by atoms with E-state index < -0.39 is 11.7 Å². The summed E-state index contributed by atoms with van der Waals surface area (Å²) in [6.07, 6.45) is -2.21. The number of anilines is 1. The molecule has 20 heavy (non-hydrogen) atoms. The number of pyridine rings is 1. The van der Waals surface area contributed by atoms with Crippen molar-refractivity contribution < 1.29 is 13.2 Å². The zero-order valence-corrected chi connectivity index (χ0v) is 11.4. The highest BCUT2D eigenvalue weighted by atomic mass is 35.5. The van der Waals surface area contributed by atoms with Crippen molar-refractivity contribution in [3.05, 3.63) is 35.0 Å². The first-order valence-electron chi connectivity index (χ1n) is 5.62. The predicted octanol–water partition coefficient (Wildman–Crippen LogP) is 3.06. The molecule has 2 heterocycles. The number of aromatic nitrogens is 4. The normalized spacial score (nSPS) is 13.3. The van der Waals surface area contributed by atoms with Gasteiger partial charge in [-0.1, -0.05) is 11.6 Å². The van der Waals surface area contributed by atoms with E-state index >= 15 is 0 Å². The van der Waals surface area contributed by atoms with Crippen molar-refractivity contribution in [2.45, 2.75) is 19.1 Å². The Kier molecular flexibility index (Phi) is 3.85. The summed E-state index contributed by atoms with van der Waals surface area (Å²) in [6, 6.07) is 0.532. The average Bonchev–Trinajstić information content (AvgIpc) is 2.76. The topological polar surface area (TPSA) is 55.6 Å². The Balaban J connectivity index is 2.21. The monoisotopic (exact) mass is 305 g/mol. The van der Waals surface area contributed by atoms with Gasteiger partial charge in [-0.3, -0.25) is 0 Å². The van der Waals surface area contributed by atoms with Crippen LogP contribution < -0.4 is 5.32 Å². The van der Waals surface area contributed by atoms with Crippen LogP contribution in [-0.4, -0.2) is 19.7 Å². The fraction of sp³-hybridized carbons (Fsp3) is 0.364. The number of aryl methyl sites for hydroxylation is 1. The van der Waals surface area contributed by atoms with E-state index in [-0.39, 0.29) is 16.9 Å². The van der Waals surface area contributed by atoms with Gasteiger partial charge in [-0.15, -0.1) is 10.2 Å². The number of halogens is 4. The lowest BCUT2D eigenvalue weighted by Crippen LogP contribution is -2.14. The first kappa shape index (κ1) is 14.6. The Hall–Kier alpha value is -1.83. The molecule has 0 radical (unpaired) electrons. The van der Waals surface area contributed by atoms with Gasteiger partial charge in [-0.25, -0.2) is 4.98 Å². The van der Waals surface area contributed by atoms with Crippen molar-refractivity contribution in [3.8, 4) is 0 Å². The zero-order chi connectivity index (χ0) is 14.9. The SMILES string of the molecule is CC(Nc1ncc(C(F)(F)F)cc1Cl)c1nncn1C. The lowest BCUT2D eigenvalue weighted by molar-refractivity contribution is -0.137. The van der Waals surface area contributed by atoms with E-state index in [1.165, 1.54) is 6.33 Å². The first-order chi connectivity index (χ1) is 9.29. The van der Waals surface area contributed by atoms with Gasteiger partial charge < -0.3 is 9.88 Å². The van der Waals surface area contributed by atoms with Crippen molar-refractivity contribution in [3.63, 3.8) is 0 Å². The molecule has 0 aliphatic carbocycles. The Morgan fingerprint density at radius 1 is 1.40 bits per heavy atom. The summed E-state index contributed by atoms with van der Waals surface area (Å²) in [5.41, 5.74) is -0.889. The summed E-state index contributed by atoms with van der Waals surface area (Å²) < 4.78 is 39.2. The van der Waals surface area contributed by atoms with E-state index in [1.807, 2.05) is 0 Å². The van der Waals surface area contributed by atoms with E-state index in [2.05, 4.69) is 20.5 Å². The van der Waals surface area contributed by atoms with Gasteiger partial charge >= 0.3 is 6.18 Å². The van der Waals surface area contributed by atoms with Crippen LogP contribution in [0.2, 0.25) is 5.02 Å². The maximum atomic E-state index is 12.5. The lowest BCUT2D eigenvalue weighted by atomic mass is 10.2. The van der Waals surface area contributed by atoms with Crippen molar-refractivity contribution >= 4 is 17.4 Å². The molecule has 0 saturated carbocycles. The van der Waals surface area contributed by atoms with E-state index in [9.17, 15) is 13.2 Å². The van der Waals surface area contributed by atoms with Crippen molar-refractivity contribution in [1.82, 2.24) is 19.7 Å². The van der Waals surface area contributed by atoms with Crippen LogP contribution in [0.5, 0.6) is 0 Å². The van der Waals surface area contributed by atoms with Crippen LogP contribution in [0.3, 0.4) is 0 Å². The van der Waals surface area contributed by atoms with Crippen LogP contribution in [0.4, 0.5) is 19.0 Å². The number of nitrogens with one attached hydrogen (secondary N) is 1. The molecule has 2 aromatic heterocycles. The standard InChI is InChI=1S/C11H11ClF3N5/c1-6(10-19-17-5-20(10)2)18-9-8(12)3-7(4-16-9)11(13,14)15/h3-6H,1-2H3,(H,16,18). The van der Waals surface area contributed by atoms with E-state index in [4.69, 9.17) is 11.6 Å². The fourth-order valence-electron chi connectivity index (χ4n) is 1.65. The molecular weight excluding hydrogens is 295 g/mol. The molecule has 0 fully saturated rings. The molecule has 5 nitrogen and oxygen atoms in total. The summed E-state index contributed by atoms with van der Waals surface area (Å²) in [6.45, 7) is 1.78. The van der Waals surface area contributed by atoms with Crippen molar-refractivity contribution in [2.75, 3.05) is 5.32 Å². The summed E-state index contributed by atoms with van der Waals surface area (Å²) >= 11 is 5.81. The third-order valence-corrected chi connectivity index (χ3v) is 2.94. The van der Waals surface area contributed by atoms with Crippen molar-refractivity contribution in [2.24, 2.45) is 7.05 Å². The van der Waals surface area contributed by atoms with Gasteiger partial charge in [0.15, 0.2) is 5.82 Å². The molecular formula is C11H11ClF3N5. The highest BCUT2D eigenvalue weighted by molar-refractivity contribution is 6.32. The lowest BCUT2D eigenvalue weighted by Gasteiger charge is -2.15. The highest BCUT2D eigenvalue weighted by Gasteiger charge is 2.31. The van der Waals surface area contributed by atoms with Crippen LogP contribution in [0.1, 0.15) is 24.4 Å². The number of rotatable bonds is 3. The molecule has 0 amide bonds. The summed E-state index contributed by atoms with van der Waals surface area (Å²) in [7, 11) is 1.76. The minimum Gasteiger partial charge on any atom is -0.359 e. The first-order valence-corrected chi connectivity index (χ1v) is 6.00. The minimum atomic E-state index is -4.47. The van der Waals surface area contributed by atoms with Gasteiger partial charge in [0.2, 0.25) is 0 Å². The third-order valence-electron chi connectivity index (χ3n) is 2.66. The van der Waals surface area contributed by atoms with Crippen LogP contribution in [0.15, 0.2) is 18.6 Å². The Morgan fingerprint density at radius 3 is 2.60 bits per heavy atom. The quantitative estimate of drug-likeness (QED) is 0.947. The zero-order valence-electron chi connectivity index (χ0n) is 10.6. The Bertz CT molecular complexity index is 610. The predicted molar refractivity (Wildman–Crippen MR) is 67.3 cm³/mol. The van der Waals surface area contributed by atoms with Crippen molar-refractivity contribution in [1.29, 1.82) is 0 Å². The molecule has 0 aliphatic heterocycles. The third kappa shape index (κ3) is 3.01. The maximum Gasteiger partial charge on any atom is 0.417 e. The largest absolute Gasteiger partial charge is 0.417 e. The fourth-order valence-corrected chi connectivity index (χ4v) is 1.87. The Morgan fingerprint density at radius 2 is 2.10 bits per heavy atom. The van der Waals surface area contributed by atoms with Gasteiger partial charge in [-0.2, -0.15) is 13.2 Å². The Labute approximate surface area is 117 Å². The molecule has 2 rings (SSSR count). The summed E-state index contributed by atoms with van der Waals surface area (Å²) in [5, 5.41) is 10.4. The molecule has 108 valence electrons.